The van der Waals surface area contributed by atoms with Crippen LogP contribution in [0.3, 0.4) is 0 Å². The van der Waals surface area contributed by atoms with Crippen molar-refractivity contribution in [1.82, 2.24) is 4.90 Å². The summed E-state index contributed by atoms with van der Waals surface area (Å²) in [4.78, 5) is 12.5. The molecule has 0 aromatic carbocycles. The van der Waals surface area contributed by atoms with Crippen LogP contribution in [0.25, 0.3) is 0 Å². The number of hydrogen-bond acceptors (Lipinski definition) is 3. The molecule has 64 valence electrons. The van der Waals surface area contributed by atoms with Gasteiger partial charge in [-0.05, 0) is 6.92 Å². The smallest absolute Gasteiger partial charge is 0.251 e. The van der Waals surface area contributed by atoms with E-state index < -0.39 is 6.10 Å². The van der Waals surface area contributed by atoms with Crippen LogP contribution < -0.4 is 0 Å². The molecule has 0 saturated carbocycles. The maximum atomic E-state index is 11.0. The molecule has 1 aliphatic heterocycles. The fourth-order valence-electron chi connectivity index (χ4n) is 1.13. The minimum absolute atomic E-state index is 0.129. The topological polar surface area (TPSA) is 60.8 Å². The molecule has 1 fully saturated rings. The third kappa shape index (κ3) is 1.70. The average molecular weight is 159 g/mol. The Kier molecular flexibility index (Phi) is 2.46. The largest absolute Gasteiger partial charge is 0.396 e. The number of nitrogens with zero attached hydrogens (tertiary/aromatic N) is 1. The highest BCUT2D eigenvalue weighted by Gasteiger charge is 2.31. The van der Waals surface area contributed by atoms with E-state index in [1.54, 1.807) is 4.90 Å². The Morgan fingerprint density at radius 3 is 2.64 bits per heavy atom. The van der Waals surface area contributed by atoms with Crippen molar-refractivity contribution in [3.05, 3.63) is 0 Å². The van der Waals surface area contributed by atoms with E-state index in [1.807, 2.05) is 0 Å². The summed E-state index contributed by atoms with van der Waals surface area (Å²) in [5, 5.41) is 17.5. The molecular weight excluding hydrogens is 146 g/mol. The van der Waals surface area contributed by atoms with Gasteiger partial charge in [0.15, 0.2) is 0 Å². The number of rotatable bonds is 2. The molecule has 1 rings (SSSR count). The molecule has 0 spiro atoms. The van der Waals surface area contributed by atoms with Crippen molar-refractivity contribution < 1.29 is 15.0 Å². The van der Waals surface area contributed by atoms with Crippen LogP contribution in [0.1, 0.15) is 6.92 Å². The van der Waals surface area contributed by atoms with Crippen LogP contribution >= 0.6 is 0 Å². The fraction of sp³-hybridized carbons (Fsp3) is 0.857. The van der Waals surface area contributed by atoms with Gasteiger partial charge in [0.05, 0.1) is 0 Å². The summed E-state index contributed by atoms with van der Waals surface area (Å²) in [6, 6.07) is 0. The molecule has 4 heteroatoms. The van der Waals surface area contributed by atoms with Gasteiger partial charge in [-0.2, -0.15) is 0 Å². The molecule has 1 saturated heterocycles. The molecule has 11 heavy (non-hydrogen) atoms. The molecule has 1 heterocycles. The zero-order valence-electron chi connectivity index (χ0n) is 6.53. The van der Waals surface area contributed by atoms with Gasteiger partial charge in [0.1, 0.15) is 6.10 Å². The SMILES string of the molecule is C[C@H](O)C(=O)N1CC(CO)C1. The van der Waals surface area contributed by atoms with Crippen molar-refractivity contribution in [1.29, 1.82) is 0 Å². The van der Waals surface area contributed by atoms with Gasteiger partial charge in [-0.3, -0.25) is 4.79 Å². The molecule has 0 aromatic rings. The van der Waals surface area contributed by atoms with Crippen LogP contribution in [-0.2, 0) is 4.79 Å². The van der Waals surface area contributed by atoms with Crippen molar-refractivity contribution in [2.75, 3.05) is 19.7 Å². The number of carbonyl (C=O) groups excluding carboxylic acids is 1. The summed E-state index contributed by atoms with van der Waals surface area (Å²) in [5.74, 6) is -0.0209. The molecule has 0 aliphatic carbocycles. The number of likely N-dealkylation sites (tertiary alicyclic amines) is 1. The first-order valence-electron chi connectivity index (χ1n) is 3.73. The zero-order valence-corrected chi connectivity index (χ0v) is 6.53. The lowest BCUT2D eigenvalue weighted by Crippen LogP contribution is -2.53. The van der Waals surface area contributed by atoms with Crippen LogP contribution in [0.4, 0.5) is 0 Å². The van der Waals surface area contributed by atoms with E-state index in [0.29, 0.717) is 13.1 Å². The van der Waals surface area contributed by atoms with Crippen LogP contribution in [-0.4, -0.2) is 46.8 Å². The Labute approximate surface area is 65.4 Å². The quantitative estimate of drug-likeness (QED) is 0.533. The van der Waals surface area contributed by atoms with E-state index in [4.69, 9.17) is 10.2 Å². The first-order valence-corrected chi connectivity index (χ1v) is 3.73. The summed E-state index contributed by atoms with van der Waals surface area (Å²) < 4.78 is 0. The van der Waals surface area contributed by atoms with Gasteiger partial charge < -0.3 is 15.1 Å². The van der Waals surface area contributed by atoms with E-state index in [-0.39, 0.29) is 18.4 Å². The molecule has 1 aliphatic rings. The number of amides is 1. The molecule has 4 nitrogen and oxygen atoms in total. The normalized spacial score (nSPS) is 21.2. The molecule has 0 unspecified atom stereocenters. The number of aliphatic hydroxyl groups excluding tert-OH is 2. The first-order chi connectivity index (χ1) is 5.15. The molecule has 1 atom stereocenters. The lowest BCUT2D eigenvalue weighted by molar-refractivity contribution is -0.146. The van der Waals surface area contributed by atoms with Crippen molar-refractivity contribution in [3.63, 3.8) is 0 Å². The second-order valence-electron chi connectivity index (χ2n) is 2.97. The van der Waals surface area contributed by atoms with Crippen LogP contribution in [0.2, 0.25) is 0 Å². The number of hydrogen-bond donors (Lipinski definition) is 2. The number of aliphatic hydroxyl groups is 2. The van der Waals surface area contributed by atoms with Gasteiger partial charge in [0, 0.05) is 25.6 Å². The minimum atomic E-state index is -0.908. The van der Waals surface area contributed by atoms with Gasteiger partial charge >= 0.3 is 0 Å². The standard InChI is InChI=1S/C7H13NO3/c1-5(10)7(11)8-2-6(3-8)4-9/h5-6,9-10H,2-4H2,1H3/t5-/m0/s1. The van der Waals surface area contributed by atoms with Crippen molar-refractivity contribution in [2.24, 2.45) is 5.92 Å². The second-order valence-corrected chi connectivity index (χ2v) is 2.97. The van der Waals surface area contributed by atoms with Gasteiger partial charge in [-0.1, -0.05) is 0 Å². The third-order valence-corrected chi connectivity index (χ3v) is 1.88. The van der Waals surface area contributed by atoms with E-state index in [0.717, 1.165) is 0 Å². The molecule has 0 bridgehead atoms. The molecule has 1 amide bonds. The van der Waals surface area contributed by atoms with E-state index >= 15 is 0 Å². The predicted octanol–water partition coefficient (Wildman–Crippen LogP) is -1.18. The second kappa shape index (κ2) is 3.19. The van der Waals surface area contributed by atoms with Crippen molar-refractivity contribution >= 4 is 5.91 Å². The highest BCUT2D eigenvalue weighted by molar-refractivity contribution is 5.80. The summed E-state index contributed by atoms with van der Waals surface area (Å²) in [6.07, 6.45) is -0.908. The van der Waals surface area contributed by atoms with Gasteiger partial charge in [-0.15, -0.1) is 0 Å². The molecule has 0 radical (unpaired) electrons. The predicted molar refractivity (Wildman–Crippen MR) is 38.8 cm³/mol. The lowest BCUT2D eigenvalue weighted by atomic mass is 10.0. The van der Waals surface area contributed by atoms with E-state index in [9.17, 15) is 4.79 Å². The third-order valence-electron chi connectivity index (χ3n) is 1.88. The Morgan fingerprint density at radius 2 is 2.27 bits per heavy atom. The van der Waals surface area contributed by atoms with Gasteiger partial charge in [0.2, 0.25) is 0 Å². The summed E-state index contributed by atoms with van der Waals surface area (Å²) >= 11 is 0. The van der Waals surface area contributed by atoms with Crippen molar-refractivity contribution in [2.45, 2.75) is 13.0 Å². The first kappa shape index (κ1) is 8.49. The lowest BCUT2D eigenvalue weighted by Gasteiger charge is -2.38. The average Bonchev–Trinajstić information content (AvgIpc) is 1.85. The Bertz CT molecular complexity index is 152. The Hall–Kier alpha value is -0.610. The molecule has 2 N–H and O–H groups in total. The highest BCUT2D eigenvalue weighted by Crippen LogP contribution is 2.15. The minimum Gasteiger partial charge on any atom is -0.396 e. The maximum Gasteiger partial charge on any atom is 0.251 e. The Balaban J connectivity index is 2.27. The summed E-state index contributed by atoms with van der Waals surface area (Å²) in [7, 11) is 0. The van der Waals surface area contributed by atoms with Crippen LogP contribution in [0.15, 0.2) is 0 Å². The summed E-state index contributed by atoms with van der Waals surface area (Å²) in [5.41, 5.74) is 0. The Morgan fingerprint density at radius 1 is 1.73 bits per heavy atom. The van der Waals surface area contributed by atoms with Crippen molar-refractivity contribution in [3.8, 4) is 0 Å². The summed E-state index contributed by atoms with van der Waals surface area (Å²) in [6.45, 7) is 2.75. The molecular formula is C7H13NO3. The van der Waals surface area contributed by atoms with E-state index in [1.165, 1.54) is 6.92 Å². The molecule has 0 aromatic heterocycles. The van der Waals surface area contributed by atoms with Gasteiger partial charge in [0.25, 0.3) is 5.91 Å². The maximum absolute atomic E-state index is 11.0. The van der Waals surface area contributed by atoms with Crippen LogP contribution in [0, 0.1) is 5.92 Å². The van der Waals surface area contributed by atoms with Crippen LogP contribution in [0.5, 0.6) is 0 Å². The van der Waals surface area contributed by atoms with E-state index in [2.05, 4.69) is 0 Å². The highest BCUT2D eigenvalue weighted by atomic mass is 16.3. The number of carbonyl (C=O) groups is 1. The zero-order chi connectivity index (χ0) is 8.43. The van der Waals surface area contributed by atoms with Gasteiger partial charge in [-0.25, -0.2) is 0 Å². The monoisotopic (exact) mass is 159 g/mol. The fourth-order valence-corrected chi connectivity index (χ4v) is 1.13.